The van der Waals surface area contributed by atoms with Crippen LogP contribution in [0.4, 0.5) is 5.13 Å². The lowest BCUT2D eigenvalue weighted by Gasteiger charge is -2.12. The van der Waals surface area contributed by atoms with Gasteiger partial charge in [0.05, 0.1) is 11.7 Å². The third-order valence-electron chi connectivity index (χ3n) is 4.59. The second-order valence-corrected chi connectivity index (χ2v) is 7.78. The van der Waals surface area contributed by atoms with Crippen LogP contribution in [0.3, 0.4) is 0 Å². The van der Waals surface area contributed by atoms with Crippen molar-refractivity contribution >= 4 is 28.3 Å². The molecule has 1 aromatic carbocycles. The first-order valence-electron chi connectivity index (χ1n) is 9.10. The van der Waals surface area contributed by atoms with Gasteiger partial charge in [-0.15, -0.1) is 11.3 Å². The SMILES string of the molecule is CC(=O)N[C@H](C)c1ccc(-c2csc(NC(=O)c3cc(C4CC4)on3)n2)cc1. The second kappa shape index (κ2) is 7.55. The zero-order chi connectivity index (χ0) is 19.7. The molecule has 28 heavy (non-hydrogen) atoms. The van der Waals surface area contributed by atoms with Gasteiger partial charge in [-0.3, -0.25) is 14.9 Å². The Bertz CT molecular complexity index is 1000. The minimum Gasteiger partial charge on any atom is -0.360 e. The summed E-state index contributed by atoms with van der Waals surface area (Å²) in [5.74, 6) is 0.805. The fourth-order valence-electron chi connectivity index (χ4n) is 2.91. The highest BCUT2D eigenvalue weighted by Crippen LogP contribution is 2.40. The molecule has 144 valence electrons. The number of hydrogen-bond acceptors (Lipinski definition) is 6. The van der Waals surface area contributed by atoms with Crippen molar-refractivity contribution in [1.82, 2.24) is 15.5 Å². The first-order valence-corrected chi connectivity index (χ1v) is 9.98. The highest BCUT2D eigenvalue weighted by molar-refractivity contribution is 7.14. The summed E-state index contributed by atoms with van der Waals surface area (Å²) in [6.07, 6.45) is 2.18. The number of anilines is 1. The van der Waals surface area contributed by atoms with Gasteiger partial charge in [0.25, 0.3) is 5.91 Å². The molecule has 1 saturated carbocycles. The summed E-state index contributed by atoms with van der Waals surface area (Å²) in [5.41, 5.74) is 3.00. The van der Waals surface area contributed by atoms with Crippen LogP contribution < -0.4 is 10.6 Å². The van der Waals surface area contributed by atoms with Gasteiger partial charge in [0.15, 0.2) is 10.8 Å². The molecular weight excluding hydrogens is 376 g/mol. The standard InChI is InChI=1S/C20H20N4O3S/c1-11(21-12(2)25)13-3-5-14(6-4-13)17-10-28-20(22-17)23-19(26)16-9-18(27-24-16)15-7-8-15/h3-6,9-11,15H,7-8H2,1-2H3,(H,21,25)(H,22,23,26)/t11-/m1/s1. The largest absolute Gasteiger partial charge is 0.360 e. The van der Waals surface area contributed by atoms with Crippen LogP contribution in [0.2, 0.25) is 0 Å². The number of amides is 2. The lowest BCUT2D eigenvalue weighted by Crippen LogP contribution is -2.23. The number of nitrogens with zero attached hydrogens (tertiary/aromatic N) is 2. The molecule has 1 aliphatic carbocycles. The van der Waals surface area contributed by atoms with Crippen molar-refractivity contribution in [2.75, 3.05) is 5.32 Å². The molecule has 2 aromatic heterocycles. The summed E-state index contributed by atoms with van der Waals surface area (Å²) in [6, 6.07) is 9.47. The minimum absolute atomic E-state index is 0.0557. The molecule has 0 aliphatic heterocycles. The van der Waals surface area contributed by atoms with Crippen LogP contribution in [0.1, 0.15) is 60.5 Å². The molecule has 1 fully saturated rings. The van der Waals surface area contributed by atoms with Gasteiger partial charge >= 0.3 is 0 Å². The summed E-state index contributed by atoms with van der Waals surface area (Å²) in [6.45, 7) is 3.44. The lowest BCUT2D eigenvalue weighted by molar-refractivity contribution is -0.119. The predicted octanol–water partition coefficient (Wildman–Crippen LogP) is 4.12. The second-order valence-electron chi connectivity index (χ2n) is 6.93. The van der Waals surface area contributed by atoms with Crippen molar-refractivity contribution in [3.05, 3.63) is 52.7 Å². The van der Waals surface area contributed by atoms with E-state index >= 15 is 0 Å². The van der Waals surface area contributed by atoms with E-state index in [1.165, 1.54) is 18.3 Å². The van der Waals surface area contributed by atoms with Crippen molar-refractivity contribution in [2.24, 2.45) is 0 Å². The third kappa shape index (κ3) is 4.12. The summed E-state index contributed by atoms with van der Waals surface area (Å²) in [4.78, 5) is 28.0. The van der Waals surface area contributed by atoms with Gasteiger partial charge in [-0.2, -0.15) is 0 Å². The first kappa shape index (κ1) is 18.4. The molecule has 1 atom stereocenters. The number of carbonyl (C=O) groups is 2. The number of thiazole rings is 1. The van der Waals surface area contributed by atoms with Crippen LogP contribution in [-0.4, -0.2) is 22.0 Å². The Morgan fingerprint density at radius 2 is 2.00 bits per heavy atom. The quantitative estimate of drug-likeness (QED) is 0.653. The van der Waals surface area contributed by atoms with Crippen molar-refractivity contribution in [3.8, 4) is 11.3 Å². The Hall–Kier alpha value is -3.00. The summed E-state index contributed by atoms with van der Waals surface area (Å²) in [7, 11) is 0. The molecule has 0 spiro atoms. The fourth-order valence-corrected chi connectivity index (χ4v) is 3.63. The van der Waals surface area contributed by atoms with E-state index in [4.69, 9.17) is 4.52 Å². The molecule has 0 unspecified atom stereocenters. The number of rotatable bonds is 6. The van der Waals surface area contributed by atoms with Crippen molar-refractivity contribution < 1.29 is 14.1 Å². The molecule has 2 heterocycles. The van der Waals surface area contributed by atoms with Crippen LogP contribution in [0, 0.1) is 0 Å². The minimum atomic E-state index is -0.323. The molecule has 0 bridgehead atoms. The number of carbonyl (C=O) groups excluding carboxylic acids is 2. The molecular formula is C20H20N4O3S. The number of benzene rings is 1. The molecule has 2 N–H and O–H groups in total. The Labute approximate surface area is 166 Å². The molecule has 4 rings (SSSR count). The monoisotopic (exact) mass is 396 g/mol. The third-order valence-corrected chi connectivity index (χ3v) is 5.35. The topological polar surface area (TPSA) is 97.1 Å². The lowest BCUT2D eigenvalue weighted by atomic mass is 10.1. The van der Waals surface area contributed by atoms with E-state index in [1.54, 1.807) is 6.07 Å². The number of nitrogens with one attached hydrogen (secondary N) is 2. The van der Waals surface area contributed by atoms with E-state index in [9.17, 15) is 9.59 Å². The Morgan fingerprint density at radius 3 is 2.68 bits per heavy atom. The zero-order valence-corrected chi connectivity index (χ0v) is 16.4. The van der Waals surface area contributed by atoms with Gasteiger partial charge < -0.3 is 9.84 Å². The van der Waals surface area contributed by atoms with Gasteiger partial charge in [-0.1, -0.05) is 29.4 Å². The van der Waals surface area contributed by atoms with Crippen LogP contribution in [0.5, 0.6) is 0 Å². The molecule has 2 amide bonds. The molecule has 0 saturated heterocycles. The van der Waals surface area contributed by atoms with Crippen molar-refractivity contribution in [1.29, 1.82) is 0 Å². The van der Waals surface area contributed by atoms with E-state index < -0.39 is 0 Å². The van der Waals surface area contributed by atoms with E-state index in [2.05, 4.69) is 20.8 Å². The smallest absolute Gasteiger partial charge is 0.279 e. The van der Waals surface area contributed by atoms with Gasteiger partial charge in [0.2, 0.25) is 5.91 Å². The van der Waals surface area contributed by atoms with Crippen LogP contribution >= 0.6 is 11.3 Å². The summed E-state index contributed by atoms with van der Waals surface area (Å²) >= 11 is 1.35. The average molecular weight is 396 g/mol. The van der Waals surface area contributed by atoms with Crippen molar-refractivity contribution in [3.63, 3.8) is 0 Å². The van der Waals surface area contributed by atoms with E-state index in [0.29, 0.717) is 11.0 Å². The summed E-state index contributed by atoms with van der Waals surface area (Å²) < 4.78 is 5.22. The van der Waals surface area contributed by atoms with Gasteiger partial charge in [-0.05, 0) is 25.3 Å². The van der Waals surface area contributed by atoms with E-state index in [-0.39, 0.29) is 23.6 Å². The van der Waals surface area contributed by atoms with Crippen molar-refractivity contribution in [2.45, 2.75) is 38.6 Å². The molecule has 0 radical (unpaired) electrons. The number of aromatic nitrogens is 2. The Balaban J connectivity index is 1.42. The predicted molar refractivity (Wildman–Crippen MR) is 106 cm³/mol. The summed E-state index contributed by atoms with van der Waals surface area (Å²) in [5, 5.41) is 11.9. The van der Waals surface area contributed by atoms with Crippen LogP contribution in [0.15, 0.2) is 40.2 Å². The van der Waals surface area contributed by atoms with Gasteiger partial charge in [0.1, 0.15) is 5.76 Å². The maximum atomic E-state index is 12.3. The molecule has 7 nitrogen and oxygen atoms in total. The Kier molecular flexibility index (Phi) is 4.95. The first-order chi connectivity index (χ1) is 13.5. The van der Waals surface area contributed by atoms with Crippen LogP contribution in [0.25, 0.3) is 11.3 Å². The zero-order valence-electron chi connectivity index (χ0n) is 15.6. The maximum absolute atomic E-state index is 12.3. The van der Waals surface area contributed by atoms with E-state index in [0.717, 1.165) is 35.4 Å². The van der Waals surface area contributed by atoms with Gasteiger partial charge in [-0.25, -0.2) is 4.98 Å². The molecule has 1 aliphatic rings. The van der Waals surface area contributed by atoms with E-state index in [1.807, 2.05) is 36.6 Å². The van der Waals surface area contributed by atoms with Crippen LogP contribution in [-0.2, 0) is 4.79 Å². The average Bonchev–Trinajstić information content (AvgIpc) is 3.21. The highest BCUT2D eigenvalue weighted by atomic mass is 32.1. The Morgan fingerprint density at radius 1 is 1.25 bits per heavy atom. The molecule has 8 heteroatoms. The normalized spacial score (nSPS) is 14.5. The highest BCUT2D eigenvalue weighted by Gasteiger charge is 2.29. The number of hydrogen-bond donors (Lipinski definition) is 2. The van der Waals surface area contributed by atoms with Gasteiger partial charge in [0, 0.05) is 29.9 Å². The fraction of sp³-hybridized carbons (Fsp3) is 0.300. The maximum Gasteiger partial charge on any atom is 0.279 e. The molecule has 3 aromatic rings.